The third-order valence-electron chi connectivity index (χ3n) is 2.72. The molecule has 0 saturated carbocycles. The fraction of sp³-hybridized carbons (Fsp3) is 0.286. The highest BCUT2D eigenvalue weighted by Crippen LogP contribution is 2.22. The van der Waals surface area contributed by atoms with Gasteiger partial charge in [0.1, 0.15) is 12.1 Å². The van der Waals surface area contributed by atoms with Gasteiger partial charge in [-0.1, -0.05) is 34.1 Å². The van der Waals surface area contributed by atoms with Crippen LogP contribution in [0.1, 0.15) is 18.1 Å². The minimum Gasteiger partial charge on any atom is -0.478 e. The molecule has 19 heavy (non-hydrogen) atoms. The van der Waals surface area contributed by atoms with Gasteiger partial charge in [-0.3, -0.25) is 0 Å². The van der Waals surface area contributed by atoms with Crippen molar-refractivity contribution < 1.29 is 4.74 Å². The van der Waals surface area contributed by atoms with Crippen LogP contribution in [-0.4, -0.2) is 16.6 Å². The predicted molar refractivity (Wildman–Crippen MR) is 79.4 cm³/mol. The van der Waals surface area contributed by atoms with Gasteiger partial charge in [-0.25, -0.2) is 9.97 Å². The molecule has 0 aliphatic carbocycles. The van der Waals surface area contributed by atoms with Crippen molar-refractivity contribution in [3.63, 3.8) is 0 Å². The van der Waals surface area contributed by atoms with E-state index in [1.807, 2.05) is 32.0 Å². The molecule has 100 valence electrons. The Morgan fingerprint density at radius 2 is 2.05 bits per heavy atom. The number of anilines is 1. The SMILES string of the molecule is CCOc1ncnc(NCc2ccccc2Br)c1C. The molecule has 0 radical (unpaired) electrons. The van der Waals surface area contributed by atoms with E-state index in [-0.39, 0.29) is 0 Å². The van der Waals surface area contributed by atoms with Gasteiger partial charge in [0.15, 0.2) is 0 Å². The Labute approximate surface area is 121 Å². The number of halogens is 1. The zero-order valence-corrected chi connectivity index (χ0v) is 12.6. The van der Waals surface area contributed by atoms with Crippen LogP contribution >= 0.6 is 15.9 Å². The van der Waals surface area contributed by atoms with Gasteiger partial charge in [0.05, 0.1) is 12.2 Å². The fourth-order valence-electron chi connectivity index (χ4n) is 1.72. The van der Waals surface area contributed by atoms with E-state index in [1.165, 1.54) is 11.9 Å². The molecule has 2 aromatic rings. The quantitative estimate of drug-likeness (QED) is 0.914. The minimum absolute atomic E-state index is 0.599. The first kappa shape index (κ1) is 13.8. The van der Waals surface area contributed by atoms with Crippen LogP contribution in [0, 0.1) is 6.92 Å². The van der Waals surface area contributed by atoms with Gasteiger partial charge in [-0.05, 0) is 25.5 Å². The van der Waals surface area contributed by atoms with Crippen LogP contribution in [0.2, 0.25) is 0 Å². The van der Waals surface area contributed by atoms with E-state index in [0.29, 0.717) is 19.0 Å². The maximum atomic E-state index is 5.45. The molecule has 0 amide bonds. The largest absolute Gasteiger partial charge is 0.478 e. The van der Waals surface area contributed by atoms with E-state index in [4.69, 9.17) is 4.74 Å². The normalized spacial score (nSPS) is 10.3. The molecule has 0 unspecified atom stereocenters. The van der Waals surface area contributed by atoms with Crippen LogP contribution in [0.4, 0.5) is 5.82 Å². The maximum Gasteiger partial charge on any atom is 0.221 e. The number of aromatic nitrogens is 2. The topological polar surface area (TPSA) is 47.0 Å². The Bertz CT molecular complexity index is 560. The van der Waals surface area contributed by atoms with Gasteiger partial charge in [0.25, 0.3) is 0 Å². The monoisotopic (exact) mass is 321 g/mol. The molecule has 5 heteroatoms. The van der Waals surface area contributed by atoms with E-state index < -0.39 is 0 Å². The maximum absolute atomic E-state index is 5.45. The highest BCUT2D eigenvalue weighted by molar-refractivity contribution is 9.10. The number of rotatable bonds is 5. The minimum atomic E-state index is 0.599. The van der Waals surface area contributed by atoms with Crippen LogP contribution < -0.4 is 10.1 Å². The molecule has 0 fully saturated rings. The molecule has 1 aromatic carbocycles. The Morgan fingerprint density at radius 1 is 1.26 bits per heavy atom. The molecule has 0 spiro atoms. The van der Waals surface area contributed by atoms with E-state index in [1.54, 1.807) is 0 Å². The predicted octanol–water partition coefficient (Wildman–Crippen LogP) is 3.56. The molecule has 1 N–H and O–H groups in total. The first-order valence-corrected chi connectivity index (χ1v) is 6.93. The Kier molecular flexibility index (Phi) is 4.74. The van der Waals surface area contributed by atoms with Crippen LogP contribution in [-0.2, 0) is 6.54 Å². The van der Waals surface area contributed by atoms with Crippen molar-refractivity contribution in [2.75, 3.05) is 11.9 Å². The van der Waals surface area contributed by atoms with E-state index in [9.17, 15) is 0 Å². The van der Waals surface area contributed by atoms with Crippen molar-refractivity contribution in [1.82, 2.24) is 9.97 Å². The van der Waals surface area contributed by atoms with Crippen molar-refractivity contribution in [3.8, 4) is 5.88 Å². The third kappa shape index (κ3) is 3.44. The van der Waals surface area contributed by atoms with Crippen molar-refractivity contribution >= 4 is 21.7 Å². The lowest BCUT2D eigenvalue weighted by molar-refractivity contribution is 0.324. The Hall–Kier alpha value is -1.62. The number of ether oxygens (including phenoxy) is 1. The van der Waals surface area contributed by atoms with Crippen molar-refractivity contribution in [3.05, 3.63) is 46.2 Å². The molecule has 0 saturated heterocycles. The standard InChI is InChI=1S/C14H16BrN3O/c1-3-19-14-10(2)13(17-9-18-14)16-8-11-6-4-5-7-12(11)15/h4-7,9H,3,8H2,1-2H3,(H,16,17,18). The molecule has 0 aliphatic rings. The Morgan fingerprint density at radius 3 is 2.79 bits per heavy atom. The number of nitrogens with one attached hydrogen (secondary N) is 1. The molecular formula is C14H16BrN3O. The average Bonchev–Trinajstić information content (AvgIpc) is 2.42. The summed E-state index contributed by atoms with van der Waals surface area (Å²) in [5, 5.41) is 3.31. The number of benzene rings is 1. The summed E-state index contributed by atoms with van der Waals surface area (Å²) in [7, 11) is 0. The second kappa shape index (κ2) is 6.52. The zero-order valence-electron chi connectivity index (χ0n) is 11.0. The summed E-state index contributed by atoms with van der Waals surface area (Å²) in [6, 6.07) is 8.10. The summed E-state index contributed by atoms with van der Waals surface area (Å²) in [5.74, 6) is 1.43. The summed E-state index contributed by atoms with van der Waals surface area (Å²) in [5.41, 5.74) is 2.11. The summed E-state index contributed by atoms with van der Waals surface area (Å²) >= 11 is 3.53. The summed E-state index contributed by atoms with van der Waals surface area (Å²) < 4.78 is 6.54. The molecule has 4 nitrogen and oxygen atoms in total. The average molecular weight is 322 g/mol. The van der Waals surface area contributed by atoms with Crippen molar-refractivity contribution in [1.29, 1.82) is 0 Å². The lowest BCUT2D eigenvalue weighted by Gasteiger charge is -2.12. The lowest BCUT2D eigenvalue weighted by atomic mass is 10.2. The van der Waals surface area contributed by atoms with Gasteiger partial charge in [0, 0.05) is 11.0 Å². The van der Waals surface area contributed by atoms with Crippen LogP contribution in [0.3, 0.4) is 0 Å². The number of hydrogen-bond acceptors (Lipinski definition) is 4. The molecule has 0 bridgehead atoms. The van der Waals surface area contributed by atoms with E-state index >= 15 is 0 Å². The lowest BCUT2D eigenvalue weighted by Crippen LogP contribution is -2.06. The first-order chi connectivity index (χ1) is 9.22. The smallest absolute Gasteiger partial charge is 0.221 e. The fourth-order valence-corrected chi connectivity index (χ4v) is 2.14. The molecular weight excluding hydrogens is 306 g/mol. The third-order valence-corrected chi connectivity index (χ3v) is 3.50. The number of nitrogens with zero attached hydrogens (tertiary/aromatic N) is 2. The summed E-state index contributed by atoms with van der Waals surface area (Å²) in [6.07, 6.45) is 1.51. The zero-order chi connectivity index (χ0) is 13.7. The molecule has 0 atom stereocenters. The van der Waals surface area contributed by atoms with Crippen molar-refractivity contribution in [2.45, 2.75) is 20.4 Å². The first-order valence-electron chi connectivity index (χ1n) is 6.14. The second-order valence-corrected chi connectivity index (χ2v) is 4.88. The molecule has 0 aliphatic heterocycles. The second-order valence-electron chi connectivity index (χ2n) is 4.03. The van der Waals surface area contributed by atoms with Crippen LogP contribution in [0.15, 0.2) is 35.1 Å². The van der Waals surface area contributed by atoms with Gasteiger partial charge >= 0.3 is 0 Å². The highest BCUT2D eigenvalue weighted by Gasteiger charge is 2.07. The van der Waals surface area contributed by atoms with Crippen LogP contribution in [0.5, 0.6) is 5.88 Å². The van der Waals surface area contributed by atoms with Gasteiger partial charge in [-0.15, -0.1) is 0 Å². The van der Waals surface area contributed by atoms with Gasteiger partial charge in [0.2, 0.25) is 5.88 Å². The van der Waals surface area contributed by atoms with E-state index in [2.05, 4.69) is 37.3 Å². The molecule has 1 heterocycles. The van der Waals surface area contributed by atoms with Gasteiger partial charge in [-0.2, -0.15) is 0 Å². The summed E-state index contributed by atoms with van der Waals surface area (Å²) in [6.45, 7) is 5.19. The van der Waals surface area contributed by atoms with Gasteiger partial charge < -0.3 is 10.1 Å². The van der Waals surface area contributed by atoms with Crippen molar-refractivity contribution in [2.24, 2.45) is 0 Å². The number of hydrogen-bond donors (Lipinski definition) is 1. The molecule has 2 rings (SSSR count). The highest BCUT2D eigenvalue weighted by atomic mass is 79.9. The molecule has 1 aromatic heterocycles. The van der Waals surface area contributed by atoms with E-state index in [0.717, 1.165) is 15.9 Å². The van der Waals surface area contributed by atoms with Crippen LogP contribution in [0.25, 0.3) is 0 Å². The summed E-state index contributed by atoms with van der Waals surface area (Å²) in [4.78, 5) is 8.37. The Balaban J connectivity index is 2.12.